The molecule has 2 aromatic rings. The summed E-state index contributed by atoms with van der Waals surface area (Å²) in [5.41, 5.74) is 1.48. The van der Waals surface area contributed by atoms with E-state index in [2.05, 4.69) is 5.32 Å². The Morgan fingerprint density at radius 3 is 2.83 bits per heavy atom. The fourth-order valence-electron chi connectivity index (χ4n) is 3.50. The van der Waals surface area contributed by atoms with Gasteiger partial charge in [-0.15, -0.1) is 0 Å². The van der Waals surface area contributed by atoms with E-state index in [1.54, 1.807) is 12.3 Å². The van der Waals surface area contributed by atoms with E-state index in [4.69, 9.17) is 11.6 Å². The maximum atomic E-state index is 12.6. The van der Waals surface area contributed by atoms with Gasteiger partial charge in [0.15, 0.2) is 0 Å². The van der Waals surface area contributed by atoms with Crippen LogP contribution in [0, 0.1) is 5.92 Å². The Kier molecular flexibility index (Phi) is 5.23. The van der Waals surface area contributed by atoms with Crippen molar-refractivity contribution in [2.24, 2.45) is 5.92 Å². The van der Waals surface area contributed by atoms with Gasteiger partial charge >= 0.3 is 0 Å². The fourth-order valence-corrected chi connectivity index (χ4v) is 3.77. The molecule has 1 aliphatic rings. The van der Waals surface area contributed by atoms with Gasteiger partial charge in [-0.3, -0.25) is 4.79 Å². The maximum Gasteiger partial charge on any atom is 0.253 e. The normalized spacial score (nSPS) is 15.9. The average Bonchev–Trinajstić information content (AvgIpc) is 2.94. The van der Waals surface area contributed by atoms with E-state index in [1.807, 2.05) is 16.7 Å². The van der Waals surface area contributed by atoms with Gasteiger partial charge in [0.2, 0.25) is 0 Å². The van der Waals surface area contributed by atoms with Crippen LogP contribution in [0.15, 0.2) is 24.4 Å². The van der Waals surface area contributed by atoms with E-state index >= 15 is 0 Å². The predicted octanol–water partition coefficient (Wildman–Crippen LogP) is 3.60. The lowest BCUT2D eigenvalue weighted by Crippen LogP contribution is -2.30. The van der Waals surface area contributed by atoms with Gasteiger partial charge < -0.3 is 15.0 Å². The third-order valence-corrected chi connectivity index (χ3v) is 5.03. The number of nitrogens with zero attached hydrogens (tertiary/aromatic N) is 1. The van der Waals surface area contributed by atoms with Crippen LogP contribution in [0.1, 0.15) is 42.5 Å². The summed E-state index contributed by atoms with van der Waals surface area (Å²) in [6.45, 7) is 1.21. The quantitative estimate of drug-likeness (QED) is 0.877. The Bertz CT molecular complexity index is 690. The van der Waals surface area contributed by atoms with Crippen LogP contribution >= 0.6 is 11.6 Å². The average molecular weight is 335 g/mol. The molecule has 0 spiro atoms. The van der Waals surface area contributed by atoms with Crippen molar-refractivity contribution in [3.8, 4) is 0 Å². The minimum atomic E-state index is -0.0784. The zero-order valence-electron chi connectivity index (χ0n) is 13.2. The molecule has 2 N–H and O–H groups in total. The number of benzene rings is 1. The Morgan fingerprint density at radius 1 is 1.30 bits per heavy atom. The van der Waals surface area contributed by atoms with Gasteiger partial charge in [0.25, 0.3) is 5.91 Å². The summed E-state index contributed by atoms with van der Waals surface area (Å²) < 4.78 is 1.89. The highest BCUT2D eigenvalue weighted by molar-refractivity contribution is 6.36. The second-order valence-corrected chi connectivity index (χ2v) is 6.71. The Labute approximate surface area is 141 Å². The van der Waals surface area contributed by atoms with Crippen LogP contribution < -0.4 is 5.32 Å². The zero-order chi connectivity index (χ0) is 16.2. The molecule has 0 unspecified atom stereocenters. The van der Waals surface area contributed by atoms with Crippen molar-refractivity contribution < 1.29 is 9.90 Å². The molecule has 1 amide bonds. The highest BCUT2D eigenvalue weighted by Gasteiger charge is 2.19. The third kappa shape index (κ3) is 3.54. The molecule has 0 bridgehead atoms. The molecule has 1 heterocycles. The number of fused-ring (bicyclic) bond motifs is 1. The molecule has 4 nitrogen and oxygen atoms in total. The lowest BCUT2D eigenvalue weighted by molar-refractivity contribution is 0.0945. The highest BCUT2D eigenvalue weighted by atomic mass is 35.5. The topological polar surface area (TPSA) is 54.3 Å². The predicted molar refractivity (Wildman–Crippen MR) is 92.9 cm³/mol. The number of aliphatic hydroxyl groups is 1. The van der Waals surface area contributed by atoms with Gasteiger partial charge in [-0.25, -0.2) is 0 Å². The largest absolute Gasteiger partial charge is 0.395 e. The first-order valence-corrected chi connectivity index (χ1v) is 8.75. The van der Waals surface area contributed by atoms with Gasteiger partial charge in [-0.2, -0.15) is 0 Å². The first kappa shape index (κ1) is 16.3. The van der Waals surface area contributed by atoms with Gasteiger partial charge in [0, 0.05) is 24.7 Å². The number of rotatable bonds is 5. The van der Waals surface area contributed by atoms with E-state index < -0.39 is 0 Å². The number of amides is 1. The summed E-state index contributed by atoms with van der Waals surface area (Å²) in [5, 5.41) is 13.6. The number of carbonyl (C=O) groups is 1. The van der Waals surface area contributed by atoms with Crippen LogP contribution in [0.5, 0.6) is 0 Å². The number of aromatic nitrogens is 1. The van der Waals surface area contributed by atoms with E-state index in [0.717, 1.165) is 17.4 Å². The van der Waals surface area contributed by atoms with Crippen molar-refractivity contribution in [2.45, 2.75) is 38.6 Å². The number of halogens is 1. The fraction of sp³-hybridized carbons (Fsp3) is 0.500. The molecule has 0 atom stereocenters. The van der Waals surface area contributed by atoms with Crippen molar-refractivity contribution >= 4 is 28.4 Å². The first-order chi connectivity index (χ1) is 11.2. The monoisotopic (exact) mass is 334 g/mol. The summed E-state index contributed by atoms with van der Waals surface area (Å²) in [6, 6.07) is 5.59. The zero-order valence-corrected chi connectivity index (χ0v) is 14.0. The van der Waals surface area contributed by atoms with Gasteiger partial charge in [-0.1, -0.05) is 36.9 Å². The molecular weight excluding hydrogens is 312 g/mol. The van der Waals surface area contributed by atoms with Crippen LogP contribution in [-0.4, -0.2) is 28.7 Å². The number of hydrogen-bond donors (Lipinski definition) is 2. The lowest BCUT2D eigenvalue weighted by Gasteiger charge is -2.21. The second-order valence-electron chi connectivity index (χ2n) is 6.31. The first-order valence-electron chi connectivity index (χ1n) is 8.37. The lowest BCUT2D eigenvalue weighted by atomic mass is 9.89. The van der Waals surface area contributed by atoms with Crippen molar-refractivity contribution in [1.82, 2.24) is 9.88 Å². The van der Waals surface area contributed by atoms with Crippen molar-refractivity contribution in [3.63, 3.8) is 0 Å². The van der Waals surface area contributed by atoms with Crippen molar-refractivity contribution in [2.75, 3.05) is 13.2 Å². The number of aliphatic hydroxyl groups excluding tert-OH is 1. The molecule has 1 aromatic carbocycles. The highest BCUT2D eigenvalue weighted by Crippen LogP contribution is 2.29. The van der Waals surface area contributed by atoms with Crippen LogP contribution in [0.4, 0.5) is 0 Å². The molecule has 23 heavy (non-hydrogen) atoms. The van der Waals surface area contributed by atoms with Crippen LogP contribution in [0.3, 0.4) is 0 Å². The standard InChI is InChI=1S/C18H23ClN2O2/c19-15-7-4-8-16-17(15)14(12-21(16)9-10-22)18(23)20-11-13-5-2-1-3-6-13/h4,7-8,12-13,22H,1-3,5-6,9-11H2,(H,20,23). The minimum Gasteiger partial charge on any atom is -0.395 e. The number of carbonyl (C=O) groups excluding carboxylic acids is 1. The Balaban J connectivity index is 1.81. The smallest absolute Gasteiger partial charge is 0.253 e. The van der Waals surface area contributed by atoms with E-state index in [-0.39, 0.29) is 12.5 Å². The molecule has 1 aromatic heterocycles. The molecule has 1 saturated carbocycles. The summed E-state index contributed by atoms with van der Waals surface area (Å²) in [4.78, 5) is 12.6. The minimum absolute atomic E-state index is 0.0272. The summed E-state index contributed by atoms with van der Waals surface area (Å²) in [5.74, 6) is 0.513. The van der Waals surface area contributed by atoms with Crippen molar-refractivity contribution in [1.29, 1.82) is 0 Å². The van der Waals surface area contributed by atoms with E-state index in [0.29, 0.717) is 23.0 Å². The molecule has 0 saturated heterocycles. The Morgan fingerprint density at radius 2 is 2.09 bits per heavy atom. The maximum absolute atomic E-state index is 12.6. The summed E-state index contributed by atoms with van der Waals surface area (Å²) in [6.07, 6.45) is 8.04. The Hall–Kier alpha value is -1.52. The van der Waals surface area contributed by atoms with Crippen LogP contribution in [0.2, 0.25) is 5.02 Å². The van der Waals surface area contributed by atoms with Crippen LogP contribution in [-0.2, 0) is 6.54 Å². The molecule has 0 radical (unpaired) electrons. The second kappa shape index (κ2) is 7.37. The molecular formula is C18H23ClN2O2. The molecule has 124 valence electrons. The molecule has 1 aliphatic carbocycles. The number of nitrogens with one attached hydrogen (secondary N) is 1. The van der Waals surface area contributed by atoms with Crippen LogP contribution in [0.25, 0.3) is 10.9 Å². The van der Waals surface area contributed by atoms with Gasteiger partial charge in [0.1, 0.15) is 0 Å². The molecule has 3 rings (SSSR count). The summed E-state index contributed by atoms with van der Waals surface area (Å²) in [7, 11) is 0. The van der Waals surface area contributed by atoms with E-state index in [9.17, 15) is 9.90 Å². The molecule has 1 fully saturated rings. The van der Waals surface area contributed by atoms with E-state index in [1.165, 1.54) is 32.1 Å². The number of hydrogen-bond acceptors (Lipinski definition) is 2. The third-order valence-electron chi connectivity index (χ3n) is 4.72. The van der Waals surface area contributed by atoms with Gasteiger partial charge in [0.05, 0.1) is 22.7 Å². The SMILES string of the molecule is O=C(NCC1CCCCC1)c1cn(CCO)c2cccc(Cl)c12. The molecule has 0 aliphatic heterocycles. The van der Waals surface area contributed by atoms with Gasteiger partial charge in [-0.05, 0) is 30.9 Å². The summed E-state index contributed by atoms with van der Waals surface area (Å²) >= 11 is 6.31. The molecule has 5 heteroatoms. The van der Waals surface area contributed by atoms with Crippen molar-refractivity contribution in [3.05, 3.63) is 35.0 Å².